The molecule has 86 valence electrons. The van der Waals surface area contributed by atoms with E-state index in [2.05, 4.69) is 0 Å². The van der Waals surface area contributed by atoms with Crippen molar-refractivity contribution in [3.63, 3.8) is 0 Å². The highest BCUT2D eigenvalue weighted by Crippen LogP contribution is 2.25. The molecule has 1 aliphatic carbocycles. The lowest BCUT2D eigenvalue weighted by atomic mass is 9.91. The first-order valence-corrected chi connectivity index (χ1v) is 5.42. The van der Waals surface area contributed by atoms with E-state index in [1.165, 1.54) is 18.2 Å². The zero-order valence-corrected chi connectivity index (χ0v) is 9.24. The molecular weight excluding hydrogens is 207 g/mol. The van der Waals surface area contributed by atoms with E-state index < -0.39 is 5.82 Å². The lowest BCUT2D eigenvalue weighted by Gasteiger charge is -2.34. The number of benzene rings is 1. The molecule has 0 aliphatic heterocycles. The Labute approximate surface area is 94.0 Å². The minimum atomic E-state index is -0.509. The van der Waals surface area contributed by atoms with E-state index in [0.717, 1.165) is 19.3 Å². The van der Waals surface area contributed by atoms with Gasteiger partial charge in [-0.1, -0.05) is 0 Å². The normalized spacial score (nSPS) is 15.6. The molecule has 0 unspecified atom stereocenters. The molecule has 0 aromatic heterocycles. The summed E-state index contributed by atoms with van der Waals surface area (Å²) in [5, 5.41) is 0. The molecular formula is C12H15FN2O. The zero-order chi connectivity index (χ0) is 11.7. The second-order valence-electron chi connectivity index (χ2n) is 4.24. The maximum atomic E-state index is 13.5. The van der Waals surface area contributed by atoms with Gasteiger partial charge in [-0.15, -0.1) is 0 Å². The van der Waals surface area contributed by atoms with Crippen LogP contribution in [-0.2, 0) is 0 Å². The van der Waals surface area contributed by atoms with Crippen molar-refractivity contribution in [2.45, 2.75) is 25.3 Å². The number of carbonyl (C=O) groups excluding carboxylic acids is 1. The van der Waals surface area contributed by atoms with Gasteiger partial charge in [0.1, 0.15) is 5.82 Å². The molecule has 3 nitrogen and oxygen atoms in total. The second kappa shape index (κ2) is 4.12. The fourth-order valence-electron chi connectivity index (χ4n) is 1.84. The molecule has 0 saturated heterocycles. The minimum Gasteiger partial charge on any atom is -0.399 e. The molecule has 1 aromatic carbocycles. The van der Waals surface area contributed by atoms with Gasteiger partial charge < -0.3 is 10.6 Å². The van der Waals surface area contributed by atoms with Gasteiger partial charge >= 0.3 is 0 Å². The van der Waals surface area contributed by atoms with Gasteiger partial charge in [0.05, 0.1) is 5.56 Å². The first-order valence-electron chi connectivity index (χ1n) is 5.42. The summed E-state index contributed by atoms with van der Waals surface area (Å²) in [6.45, 7) is 0. The van der Waals surface area contributed by atoms with Crippen LogP contribution in [0, 0.1) is 5.82 Å². The summed E-state index contributed by atoms with van der Waals surface area (Å²) in [6, 6.07) is 4.34. The molecule has 0 atom stereocenters. The summed E-state index contributed by atoms with van der Waals surface area (Å²) in [5.74, 6) is -0.792. The molecule has 2 rings (SSSR count). The van der Waals surface area contributed by atoms with Gasteiger partial charge in [0.15, 0.2) is 0 Å². The highest BCUT2D eigenvalue weighted by molar-refractivity contribution is 5.95. The van der Waals surface area contributed by atoms with Crippen LogP contribution in [0.4, 0.5) is 10.1 Å². The van der Waals surface area contributed by atoms with Crippen molar-refractivity contribution < 1.29 is 9.18 Å². The van der Waals surface area contributed by atoms with Crippen LogP contribution in [0.1, 0.15) is 29.6 Å². The zero-order valence-electron chi connectivity index (χ0n) is 9.24. The van der Waals surface area contributed by atoms with Crippen molar-refractivity contribution in [1.29, 1.82) is 0 Å². The number of carbonyl (C=O) groups is 1. The summed E-state index contributed by atoms with van der Waals surface area (Å²) >= 11 is 0. The number of hydrogen-bond acceptors (Lipinski definition) is 2. The van der Waals surface area contributed by atoms with Crippen LogP contribution in [0.3, 0.4) is 0 Å². The van der Waals surface area contributed by atoms with Crippen LogP contribution in [0.25, 0.3) is 0 Å². The Morgan fingerprint density at radius 1 is 1.50 bits per heavy atom. The largest absolute Gasteiger partial charge is 0.399 e. The monoisotopic (exact) mass is 222 g/mol. The first kappa shape index (κ1) is 10.9. The molecule has 1 fully saturated rings. The maximum absolute atomic E-state index is 13.5. The van der Waals surface area contributed by atoms with Crippen LogP contribution < -0.4 is 5.73 Å². The Morgan fingerprint density at radius 3 is 2.75 bits per heavy atom. The van der Waals surface area contributed by atoms with Gasteiger partial charge in [0, 0.05) is 18.8 Å². The summed E-state index contributed by atoms with van der Waals surface area (Å²) in [7, 11) is 1.72. The van der Waals surface area contributed by atoms with E-state index >= 15 is 0 Å². The van der Waals surface area contributed by atoms with E-state index in [4.69, 9.17) is 5.73 Å². The Bertz CT molecular complexity index is 415. The van der Waals surface area contributed by atoms with E-state index in [-0.39, 0.29) is 17.5 Å². The van der Waals surface area contributed by atoms with Gasteiger partial charge in [-0.3, -0.25) is 4.79 Å². The Kier molecular flexibility index (Phi) is 2.81. The number of nitrogen functional groups attached to an aromatic ring is 1. The second-order valence-corrected chi connectivity index (χ2v) is 4.24. The number of halogens is 1. The number of anilines is 1. The van der Waals surface area contributed by atoms with Crippen molar-refractivity contribution >= 4 is 11.6 Å². The average molecular weight is 222 g/mol. The SMILES string of the molecule is CN(C(=O)c1cc(N)ccc1F)C1CCC1. The standard InChI is InChI=1S/C12H15FN2O/c1-15(9-3-2-4-9)12(16)10-7-8(14)5-6-11(10)13/h5-7,9H,2-4,14H2,1H3. The van der Waals surface area contributed by atoms with E-state index in [1.807, 2.05) is 0 Å². The number of hydrogen-bond donors (Lipinski definition) is 1. The topological polar surface area (TPSA) is 46.3 Å². The molecule has 16 heavy (non-hydrogen) atoms. The van der Waals surface area contributed by atoms with Crippen molar-refractivity contribution in [3.05, 3.63) is 29.6 Å². The number of amides is 1. The van der Waals surface area contributed by atoms with E-state index in [9.17, 15) is 9.18 Å². The number of rotatable bonds is 2. The highest BCUT2D eigenvalue weighted by atomic mass is 19.1. The first-order chi connectivity index (χ1) is 7.59. The Morgan fingerprint density at radius 2 is 2.19 bits per heavy atom. The van der Waals surface area contributed by atoms with Crippen LogP contribution in [0.5, 0.6) is 0 Å². The molecule has 1 amide bonds. The van der Waals surface area contributed by atoms with Gasteiger partial charge in [-0.25, -0.2) is 4.39 Å². The van der Waals surface area contributed by atoms with Crippen molar-refractivity contribution in [1.82, 2.24) is 4.90 Å². The molecule has 0 spiro atoms. The summed E-state index contributed by atoms with van der Waals surface area (Å²) < 4.78 is 13.5. The van der Waals surface area contributed by atoms with Gasteiger partial charge in [0.2, 0.25) is 0 Å². The van der Waals surface area contributed by atoms with Crippen LogP contribution in [0.2, 0.25) is 0 Å². The average Bonchev–Trinajstić information content (AvgIpc) is 2.18. The van der Waals surface area contributed by atoms with Gasteiger partial charge in [0.25, 0.3) is 5.91 Å². The highest BCUT2D eigenvalue weighted by Gasteiger charge is 2.27. The van der Waals surface area contributed by atoms with Crippen LogP contribution in [0.15, 0.2) is 18.2 Å². The molecule has 1 aliphatic rings. The molecule has 0 radical (unpaired) electrons. The van der Waals surface area contributed by atoms with Crippen molar-refractivity contribution in [2.24, 2.45) is 0 Å². The third-order valence-corrected chi connectivity index (χ3v) is 3.16. The lowest BCUT2D eigenvalue weighted by Crippen LogP contribution is -2.41. The number of nitrogens with two attached hydrogens (primary N) is 1. The smallest absolute Gasteiger partial charge is 0.256 e. The third kappa shape index (κ3) is 1.87. The summed E-state index contributed by atoms with van der Waals surface area (Å²) in [6.07, 6.45) is 3.15. The molecule has 1 aromatic rings. The fourth-order valence-corrected chi connectivity index (χ4v) is 1.84. The predicted octanol–water partition coefficient (Wildman–Crippen LogP) is 2.03. The van der Waals surface area contributed by atoms with Crippen LogP contribution in [-0.4, -0.2) is 23.9 Å². The Balaban J connectivity index is 2.22. The third-order valence-electron chi connectivity index (χ3n) is 3.16. The molecule has 2 N–H and O–H groups in total. The molecule has 0 bridgehead atoms. The fraction of sp³-hybridized carbons (Fsp3) is 0.417. The van der Waals surface area contributed by atoms with Crippen LogP contribution >= 0.6 is 0 Å². The van der Waals surface area contributed by atoms with Crippen molar-refractivity contribution in [3.8, 4) is 0 Å². The lowest BCUT2D eigenvalue weighted by molar-refractivity contribution is 0.0647. The van der Waals surface area contributed by atoms with E-state index in [1.54, 1.807) is 11.9 Å². The molecule has 4 heteroatoms. The minimum absolute atomic E-state index is 0.0643. The maximum Gasteiger partial charge on any atom is 0.256 e. The summed E-state index contributed by atoms with van der Waals surface area (Å²) in [5.41, 5.74) is 6.02. The van der Waals surface area contributed by atoms with Gasteiger partial charge in [-0.05, 0) is 37.5 Å². The summed E-state index contributed by atoms with van der Waals surface area (Å²) in [4.78, 5) is 13.6. The number of nitrogens with zero attached hydrogens (tertiary/aromatic N) is 1. The Hall–Kier alpha value is -1.58. The predicted molar refractivity (Wildman–Crippen MR) is 60.5 cm³/mol. The van der Waals surface area contributed by atoms with Crippen molar-refractivity contribution in [2.75, 3.05) is 12.8 Å². The van der Waals surface area contributed by atoms with Gasteiger partial charge in [-0.2, -0.15) is 0 Å². The quantitative estimate of drug-likeness (QED) is 0.778. The molecule has 1 saturated carbocycles. The van der Waals surface area contributed by atoms with E-state index in [0.29, 0.717) is 5.69 Å². The molecule has 0 heterocycles.